The Hall–Kier alpha value is -1.88. The standard InChI is InChI=1S/C20H25NO3.ClH/c1-14-7-8-17(11-15(14)2)20(23)13-21-10-9-19(22)16-5-4-6-18(12-16)24-3;/h4-8,11-12,20-21,23H,9-10,13H2,1-3H3;1H. The average molecular weight is 364 g/mol. The average Bonchev–Trinajstić information content (AvgIpc) is 2.60. The molecular weight excluding hydrogens is 338 g/mol. The lowest BCUT2D eigenvalue weighted by atomic mass is 10.0. The molecule has 2 rings (SSSR count). The summed E-state index contributed by atoms with van der Waals surface area (Å²) in [7, 11) is 1.59. The molecule has 0 aliphatic carbocycles. The van der Waals surface area contributed by atoms with Crippen LogP contribution in [0.5, 0.6) is 5.75 Å². The Morgan fingerprint density at radius 3 is 2.60 bits per heavy atom. The molecule has 136 valence electrons. The maximum atomic E-state index is 12.2. The molecule has 1 atom stereocenters. The minimum Gasteiger partial charge on any atom is -1.00 e. The van der Waals surface area contributed by atoms with Crippen LogP contribution in [0.4, 0.5) is 0 Å². The molecule has 3 N–H and O–H groups in total. The quantitative estimate of drug-likeness (QED) is 0.476. The Labute approximate surface area is 155 Å². The number of nitrogens with two attached hydrogens (primary N) is 1. The normalized spacial score (nSPS) is 11.5. The summed E-state index contributed by atoms with van der Waals surface area (Å²) in [5.41, 5.74) is 3.99. The number of hydrogen-bond acceptors (Lipinski definition) is 3. The zero-order valence-electron chi connectivity index (χ0n) is 15.0. The second kappa shape index (κ2) is 10.2. The summed E-state index contributed by atoms with van der Waals surface area (Å²) in [4.78, 5) is 12.2. The van der Waals surface area contributed by atoms with E-state index in [0.29, 0.717) is 30.8 Å². The summed E-state index contributed by atoms with van der Waals surface area (Å²) in [5, 5.41) is 12.2. The molecule has 0 saturated heterocycles. The van der Waals surface area contributed by atoms with Gasteiger partial charge < -0.3 is 27.6 Å². The number of carbonyl (C=O) groups is 1. The summed E-state index contributed by atoms with van der Waals surface area (Å²) in [5.74, 6) is 0.779. The van der Waals surface area contributed by atoms with Crippen LogP contribution in [0.2, 0.25) is 0 Å². The van der Waals surface area contributed by atoms with Gasteiger partial charge in [0.05, 0.1) is 20.1 Å². The van der Waals surface area contributed by atoms with Crippen LogP contribution in [-0.4, -0.2) is 31.1 Å². The van der Waals surface area contributed by atoms with E-state index in [0.717, 1.165) is 5.56 Å². The van der Waals surface area contributed by atoms with Crippen LogP contribution >= 0.6 is 0 Å². The number of Topliss-reactive ketones (excluding diaryl/α,β-unsaturated/α-hetero) is 1. The van der Waals surface area contributed by atoms with Crippen molar-refractivity contribution in [3.63, 3.8) is 0 Å². The molecule has 0 bridgehead atoms. The molecule has 0 amide bonds. The van der Waals surface area contributed by atoms with Crippen molar-refractivity contribution >= 4 is 5.78 Å². The Morgan fingerprint density at radius 1 is 1.16 bits per heavy atom. The van der Waals surface area contributed by atoms with Gasteiger partial charge in [0.2, 0.25) is 0 Å². The highest BCUT2D eigenvalue weighted by molar-refractivity contribution is 5.96. The van der Waals surface area contributed by atoms with E-state index in [1.54, 1.807) is 19.2 Å². The Balaban J connectivity index is 0.00000312. The number of aliphatic hydroxyl groups is 1. The van der Waals surface area contributed by atoms with E-state index in [-0.39, 0.29) is 18.2 Å². The zero-order chi connectivity index (χ0) is 17.5. The Bertz CT molecular complexity index is 703. The molecule has 2 aromatic rings. The third-order valence-corrected chi connectivity index (χ3v) is 4.27. The molecule has 0 saturated carbocycles. The van der Waals surface area contributed by atoms with Gasteiger partial charge in [-0.1, -0.05) is 30.3 Å². The lowest BCUT2D eigenvalue weighted by molar-refractivity contribution is -0.660. The van der Waals surface area contributed by atoms with E-state index < -0.39 is 6.10 Å². The number of benzene rings is 2. The van der Waals surface area contributed by atoms with Crippen LogP contribution in [0, 0.1) is 13.8 Å². The highest BCUT2D eigenvalue weighted by atomic mass is 35.5. The molecule has 0 radical (unpaired) electrons. The second-order valence-electron chi connectivity index (χ2n) is 6.08. The fourth-order valence-corrected chi connectivity index (χ4v) is 2.56. The number of aliphatic hydroxyl groups excluding tert-OH is 1. The first-order chi connectivity index (χ1) is 11.5. The third-order valence-electron chi connectivity index (χ3n) is 4.27. The highest BCUT2D eigenvalue weighted by Gasteiger charge is 2.12. The number of hydrogen-bond donors (Lipinski definition) is 2. The summed E-state index contributed by atoms with van der Waals surface area (Å²) < 4.78 is 5.14. The number of rotatable bonds is 8. The van der Waals surface area contributed by atoms with Gasteiger partial charge in [0.1, 0.15) is 18.4 Å². The van der Waals surface area contributed by atoms with E-state index in [9.17, 15) is 9.90 Å². The van der Waals surface area contributed by atoms with E-state index in [1.807, 2.05) is 42.6 Å². The molecule has 2 aromatic carbocycles. The van der Waals surface area contributed by atoms with Crippen LogP contribution in [0.1, 0.15) is 39.6 Å². The second-order valence-corrected chi connectivity index (χ2v) is 6.08. The SMILES string of the molecule is COc1cccc(C(=O)CC[NH2+]CC(O)c2ccc(C)c(C)c2)c1.[Cl-]. The van der Waals surface area contributed by atoms with E-state index in [2.05, 4.69) is 6.92 Å². The predicted molar refractivity (Wildman–Crippen MR) is 94.5 cm³/mol. The van der Waals surface area contributed by atoms with Crippen LogP contribution in [0.25, 0.3) is 0 Å². The van der Waals surface area contributed by atoms with Crippen LogP contribution in [-0.2, 0) is 0 Å². The molecule has 1 unspecified atom stereocenters. The van der Waals surface area contributed by atoms with Gasteiger partial charge in [0.25, 0.3) is 0 Å². The fraction of sp³-hybridized carbons (Fsp3) is 0.350. The van der Waals surface area contributed by atoms with Gasteiger partial charge in [-0.25, -0.2) is 0 Å². The Morgan fingerprint density at radius 2 is 1.92 bits per heavy atom. The van der Waals surface area contributed by atoms with Gasteiger partial charge >= 0.3 is 0 Å². The molecule has 25 heavy (non-hydrogen) atoms. The van der Waals surface area contributed by atoms with Crippen molar-refractivity contribution in [2.24, 2.45) is 0 Å². The van der Waals surface area contributed by atoms with Gasteiger partial charge in [-0.2, -0.15) is 0 Å². The van der Waals surface area contributed by atoms with Gasteiger partial charge in [0, 0.05) is 5.56 Å². The fourth-order valence-electron chi connectivity index (χ4n) is 2.56. The minimum absolute atomic E-state index is 0. The van der Waals surface area contributed by atoms with Crippen molar-refractivity contribution in [1.29, 1.82) is 0 Å². The molecule has 0 heterocycles. The molecular formula is C20H26ClNO3. The predicted octanol–water partition coefficient (Wildman–Crippen LogP) is -0.814. The largest absolute Gasteiger partial charge is 1.00 e. The number of aryl methyl sites for hydroxylation is 2. The van der Waals surface area contributed by atoms with Crippen LogP contribution in [0.15, 0.2) is 42.5 Å². The smallest absolute Gasteiger partial charge is 0.168 e. The number of quaternary nitrogens is 1. The van der Waals surface area contributed by atoms with Crippen molar-refractivity contribution in [2.75, 3.05) is 20.2 Å². The molecule has 0 aliphatic rings. The van der Waals surface area contributed by atoms with Gasteiger partial charge in [-0.15, -0.1) is 0 Å². The summed E-state index contributed by atoms with van der Waals surface area (Å²) >= 11 is 0. The van der Waals surface area contributed by atoms with Crippen LogP contribution in [0.3, 0.4) is 0 Å². The van der Waals surface area contributed by atoms with E-state index >= 15 is 0 Å². The zero-order valence-corrected chi connectivity index (χ0v) is 15.7. The third kappa shape index (κ3) is 6.16. The monoisotopic (exact) mass is 363 g/mol. The number of halogens is 1. The van der Waals surface area contributed by atoms with Gasteiger partial charge in [-0.3, -0.25) is 4.79 Å². The maximum absolute atomic E-state index is 12.2. The maximum Gasteiger partial charge on any atom is 0.168 e. The molecule has 5 heteroatoms. The molecule has 0 aliphatic heterocycles. The Kier molecular flexibility index (Phi) is 8.62. The number of ether oxygens (including phenoxy) is 1. The van der Waals surface area contributed by atoms with Gasteiger partial charge in [0.15, 0.2) is 5.78 Å². The van der Waals surface area contributed by atoms with Crippen molar-refractivity contribution in [1.82, 2.24) is 0 Å². The van der Waals surface area contributed by atoms with E-state index in [4.69, 9.17) is 4.74 Å². The molecule has 0 aromatic heterocycles. The summed E-state index contributed by atoms with van der Waals surface area (Å²) in [6, 6.07) is 13.2. The number of carbonyl (C=O) groups excluding carboxylic acids is 1. The van der Waals surface area contributed by atoms with Crippen molar-refractivity contribution in [2.45, 2.75) is 26.4 Å². The van der Waals surface area contributed by atoms with Crippen molar-refractivity contribution in [3.05, 3.63) is 64.7 Å². The highest BCUT2D eigenvalue weighted by Crippen LogP contribution is 2.16. The molecule has 0 spiro atoms. The first-order valence-electron chi connectivity index (χ1n) is 8.25. The number of ketones is 1. The first-order valence-corrected chi connectivity index (χ1v) is 8.25. The first kappa shape index (κ1) is 21.2. The topological polar surface area (TPSA) is 63.1 Å². The van der Waals surface area contributed by atoms with Crippen LogP contribution < -0.4 is 22.5 Å². The minimum atomic E-state index is -0.517. The number of methoxy groups -OCH3 is 1. The molecule has 4 nitrogen and oxygen atoms in total. The summed E-state index contributed by atoms with van der Waals surface area (Å²) in [6.45, 7) is 5.30. The lowest BCUT2D eigenvalue weighted by Gasteiger charge is -2.11. The van der Waals surface area contributed by atoms with E-state index in [1.165, 1.54) is 11.1 Å². The molecule has 0 fully saturated rings. The van der Waals surface area contributed by atoms with Gasteiger partial charge in [-0.05, 0) is 42.7 Å². The van der Waals surface area contributed by atoms with Crippen molar-refractivity contribution < 1.29 is 32.4 Å². The summed E-state index contributed by atoms with van der Waals surface area (Å²) in [6.07, 6.45) is -0.0801. The van der Waals surface area contributed by atoms with Crippen molar-refractivity contribution in [3.8, 4) is 5.75 Å². The lowest BCUT2D eigenvalue weighted by Crippen LogP contribution is -3.00.